The molecule has 0 unspecified atom stereocenters. The topological polar surface area (TPSA) is 79.2 Å². The number of hydrogen-bond acceptors (Lipinski definition) is 4. The van der Waals surface area contributed by atoms with Crippen LogP contribution in [-0.2, 0) is 22.6 Å². The normalized spacial score (nSPS) is 11.1. The summed E-state index contributed by atoms with van der Waals surface area (Å²) in [6.07, 6.45) is 0.372. The molecule has 0 saturated heterocycles. The number of hydrogen-bond donors (Lipinski definition) is 1. The number of carbonyl (C=O) groups excluding carboxylic acids is 2. The molecule has 0 aromatic heterocycles. The first-order valence-corrected chi connectivity index (χ1v) is 7.13. The van der Waals surface area contributed by atoms with E-state index in [1.54, 1.807) is 24.3 Å². The molecule has 5 heteroatoms. The maximum atomic E-state index is 11.7. The molecule has 0 bridgehead atoms. The lowest BCUT2D eigenvalue weighted by atomic mass is 10.1. The molecular formula is C18H16N2O3. The van der Waals surface area contributed by atoms with Crippen LogP contribution in [0.5, 0.6) is 0 Å². The third kappa shape index (κ3) is 5.29. The number of rotatable bonds is 6. The minimum Gasteiger partial charge on any atom is -0.445 e. The van der Waals surface area contributed by atoms with E-state index in [1.807, 2.05) is 36.4 Å². The van der Waals surface area contributed by atoms with E-state index in [1.165, 1.54) is 0 Å². The van der Waals surface area contributed by atoms with Crippen LogP contribution in [0.4, 0.5) is 4.79 Å². The van der Waals surface area contributed by atoms with E-state index in [2.05, 4.69) is 5.32 Å². The van der Waals surface area contributed by atoms with Crippen molar-refractivity contribution in [1.29, 1.82) is 5.26 Å². The summed E-state index contributed by atoms with van der Waals surface area (Å²) in [7, 11) is 0. The number of nitriles is 1. The van der Waals surface area contributed by atoms with Gasteiger partial charge in [0.2, 0.25) is 0 Å². The predicted octanol–water partition coefficient (Wildman–Crippen LogP) is 2.59. The highest BCUT2D eigenvalue weighted by atomic mass is 16.5. The van der Waals surface area contributed by atoms with Gasteiger partial charge < -0.3 is 14.8 Å². The van der Waals surface area contributed by atoms with Crippen molar-refractivity contribution in [2.45, 2.75) is 19.1 Å². The lowest BCUT2D eigenvalue weighted by Crippen LogP contribution is -2.37. The van der Waals surface area contributed by atoms with Gasteiger partial charge in [-0.2, -0.15) is 5.26 Å². The van der Waals surface area contributed by atoms with E-state index in [0.29, 0.717) is 18.3 Å². The van der Waals surface area contributed by atoms with Crippen molar-refractivity contribution in [3.8, 4) is 6.07 Å². The zero-order valence-corrected chi connectivity index (χ0v) is 12.4. The summed E-state index contributed by atoms with van der Waals surface area (Å²) in [6, 6.07) is 17.5. The Morgan fingerprint density at radius 3 is 2.43 bits per heavy atom. The van der Waals surface area contributed by atoms with Gasteiger partial charge in [-0.3, -0.25) is 0 Å². The summed E-state index contributed by atoms with van der Waals surface area (Å²) >= 11 is 0. The van der Waals surface area contributed by atoms with Gasteiger partial charge in [0, 0.05) is 0 Å². The molecular weight excluding hydrogens is 292 g/mol. The Labute approximate surface area is 134 Å². The molecule has 0 radical (unpaired) electrons. The van der Waals surface area contributed by atoms with Crippen molar-refractivity contribution in [2.75, 3.05) is 0 Å². The number of aldehydes is 1. The van der Waals surface area contributed by atoms with Gasteiger partial charge in [0.15, 0.2) is 0 Å². The van der Waals surface area contributed by atoms with E-state index in [9.17, 15) is 9.59 Å². The number of nitrogens with zero attached hydrogens (tertiary/aromatic N) is 1. The molecule has 1 N–H and O–H groups in total. The van der Waals surface area contributed by atoms with Crippen LogP contribution in [0.1, 0.15) is 16.7 Å². The molecule has 1 atom stereocenters. The smallest absolute Gasteiger partial charge is 0.408 e. The van der Waals surface area contributed by atoms with Crippen LogP contribution < -0.4 is 5.32 Å². The average Bonchev–Trinajstić information content (AvgIpc) is 2.61. The highest BCUT2D eigenvalue weighted by Crippen LogP contribution is 2.06. The first kappa shape index (κ1) is 16.2. The summed E-state index contributed by atoms with van der Waals surface area (Å²) < 4.78 is 5.08. The Morgan fingerprint density at radius 2 is 1.83 bits per heavy atom. The Bertz CT molecular complexity index is 690. The summed E-state index contributed by atoms with van der Waals surface area (Å²) in [5.74, 6) is 0. The van der Waals surface area contributed by atoms with Crippen LogP contribution in [-0.4, -0.2) is 18.4 Å². The third-order valence-electron chi connectivity index (χ3n) is 3.22. The number of amides is 1. The van der Waals surface area contributed by atoms with Crippen molar-refractivity contribution in [2.24, 2.45) is 0 Å². The zero-order chi connectivity index (χ0) is 16.5. The maximum Gasteiger partial charge on any atom is 0.408 e. The van der Waals surface area contributed by atoms with E-state index >= 15 is 0 Å². The Hall–Kier alpha value is -3.13. The lowest BCUT2D eigenvalue weighted by molar-refractivity contribution is -0.109. The number of ether oxygens (including phenoxy) is 1. The standard InChI is InChI=1S/C18H16N2O3/c19-11-15-8-6-14(7-9-15)10-17(12-21)20-18(22)23-13-16-4-2-1-3-5-16/h1-9,12,17H,10,13H2,(H,20,22)/t17-/m0/s1. The molecule has 0 spiro atoms. The lowest BCUT2D eigenvalue weighted by Gasteiger charge is -2.13. The van der Waals surface area contributed by atoms with Crippen molar-refractivity contribution >= 4 is 12.4 Å². The molecule has 116 valence electrons. The summed E-state index contributed by atoms with van der Waals surface area (Å²) in [5.41, 5.74) is 2.27. The molecule has 0 saturated carbocycles. The first-order valence-electron chi connectivity index (χ1n) is 7.13. The van der Waals surface area contributed by atoms with Gasteiger partial charge in [0.05, 0.1) is 17.7 Å². The number of nitrogens with one attached hydrogen (secondary N) is 1. The molecule has 0 fully saturated rings. The van der Waals surface area contributed by atoms with Crippen molar-refractivity contribution in [3.63, 3.8) is 0 Å². The molecule has 2 rings (SSSR count). The quantitative estimate of drug-likeness (QED) is 0.832. The van der Waals surface area contributed by atoms with Crippen LogP contribution in [0.2, 0.25) is 0 Å². The van der Waals surface area contributed by atoms with Crippen LogP contribution in [0.25, 0.3) is 0 Å². The van der Waals surface area contributed by atoms with Gasteiger partial charge in [0.1, 0.15) is 12.9 Å². The largest absolute Gasteiger partial charge is 0.445 e. The monoisotopic (exact) mass is 308 g/mol. The molecule has 5 nitrogen and oxygen atoms in total. The van der Waals surface area contributed by atoms with Crippen LogP contribution >= 0.6 is 0 Å². The highest BCUT2D eigenvalue weighted by Gasteiger charge is 2.13. The first-order chi connectivity index (χ1) is 11.2. The van der Waals surface area contributed by atoms with Crippen molar-refractivity contribution in [3.05, 3.63) is 71.3 Å². The fourth-order valence-corrected chi connectivity index (χ4v) is 2.02. The average molecular weight is 308 g/mol. The highest BCUT2D eigenvalue weighted by molar-refractivity contribution is 5.73. The van der Waals surface area contributed by atoms with E-state index in [-0.39, 0.29) is 6.61 Å². The summed E-state index contributed by atoms with van der Waals surface area (Å²) in [6.45, 7) is 0.148. The van der Waals surface area contributed by atoms with E-state index < -0.39 is 12.1 Å². The number of benzene rings is 2. The van der Waals surface area contributed by atoms with Gasteiger partial charge in [-0.15, -0.1) is 0 Å². The molecule has 2 aromatic rings. The molecule has 0 heterocycles. The van der Waals surface area contributed by atoms with Gasteiger partial charge in [-0.05, 0) is 29.7 Å². The van der Waals surface area contributed by atoms with Crippen molar-refractivity contribution in [1.82, 2.24) is 5.32 Å². The van der Waals surface area contributed by atoms with Crippen molar-refractivity contribution < 1.29 is 14.3 Å². The number of carbonyl (C=O) groups is 2. The Balaban J connectivity index is 1.84. The minimum atomic E-state index is -0.675. The predicted molar refractivity (Wildman–Crippen MR) is 84.5 cm³/mol. The van der Waals surface area contributed by atoms with Gasteiger partial charge in [-0.25, -0.2) is 4.79 Å². The second-order valence-corrected chi connectivity index (χ2v) is 4.96. The fourth-order valence-electron chi connectivity index (χ4n) is 2.02. The fraction of sp³-hybridized carbons (Fsp3) is 0.167. The minimum absolute atomic E-state index is 0.148. The Kier molecular flexibility index (Phi) is 5.89. The summed E-state index contributed by atoms with van der Waals surface area (Å²) in [4.78, 5) is 22.9. The summed E-state index contributed by atoms with van der Waals surface area (Å²) in [5, 5.41) is 11.3. The van der Waals surface area contributed by atoms with Crippen LogP contribution in [0.3, 0.4) is 0 Å². The van der Waals surface area contributed by atoms with E-state index in [4.69, 9.17) is 10.00 Å². The van der Waals surface area contributed by atoms with Gasteiger partial charge in [0.25, 0.3) is 0 Å². The zero-order valence-electron chi connectivity index (χ0n) is 12.4. The molecule has 0 aliphatic rings. The molecule has 2 aromatic carbocycles. The second kappa shape index (κ2) is 8.35. The van der Waals surface area contributed by atoms with Gasteiger partial charge >= 0.3 is 6.09 Å². The Morgan fingerprint density at radius 1 is 1.13 bits per heavy atom. The molecule has 1 amide bonds. The van der Waals surface area contributed by atoms with Crippen LogP contribution in [0, 0.1) is 11.3 Å². The molecule has 23 heavy (non-hydrogen) atoms. The molecule has 0 aliphatic carbocycles. The van der Waals surface area contributed by atoms with Gasteiger partial charge in [-0.1, -0.05) is 42.5 Å². The van der Waals surface area contributed by atoms with E-state index in [0.717, 1.165) is 11.1 Å². The molecule has 0 aliphatic heterocycles. The second-order valence-electron chi connectivity index (χ2n) is 4.96. The SMILES string of the molecule is N#Cc1ccc(C[C@@H](C=O)NC(=O)OCc2ccccc2)cc1. The third-order valence-corrected chi connectivity index (χ3v) is 3.22. The maximum absolute atomic E-state index is 11.7. The number of alkyl carbamates (subject to hydrolysis) is 1. The van der Waals surface area contributed by atoms with Crippen LogP contribution in [0.15, 0.2) is 54.6 Å².